The Morgan fingerprint density at radius 2 is 1.72 bits per heavy atom. The lowest BCUT2D eigenvalue weighted by Gasteiger charge is -2.37. The van der Waals surface area contributed by atoms with Crippen LogP contribution in [0.15, 0.2) is 59.6 Å². The number of aliphatic imine (C=N–C) groups is 1. The van der Waals surface area contributed by atoms with Gasteiger partial charge in [-0.1, -0.05) is 30.3 Å². The molecular formula is C24H35IN6O. The summed E-state index contributed by atoms with van der Waals surface area (Å²) in [6, 6.07) is 18.3. The molecule has 0 radical (unpaired) electrons. The molecule has 1 aliphatic heterocycles. The van der Waals surface area contributed by atoms with Gasteiger partial charge in [0.1, 0.15) is 0 Å². The SMILES string of the molecule is CN=C(NCc1cccc(C(=O)NCCN(C)C)c1)N1CCN(c2ccccc2)CC1.I. The zero-order valence-electron chi connectivity index (χ0n) is 19.3. The van der Waals surface area contributed by atoms with E-state index in [2.05, 4.69) is 49.7 Å². The molecule has 0 unspecified atom stereocenters. The van der Waals surface area contributed by atoms with E-state index < -0.39 is 0 Å². The van der Waals surface area contributed by atoms with Crippen LogP contribution in [0.2, 0.25) is 0 Å². The molecule has 1 heterocycles. The first-order valence-electron chi connectivity index (χ1n) is 10.8. The number of hydrogen-bond donors (Lipinski definition) is 2. The summed E-state index contributed by atoms with van der Waals surface area (Å²) in [5.74, 6) is 0.860. The number of likely N-dealkylation sites (N-methyl/N-ethyl adjacent to an activating group) is 1. The minimum absolute atomic E-state index is 0. The molecule has 174 valence electrons. The molecule has 1 saturated heterocycles. The van der Waals surface area contributed by atoms with Crippen LogP contribution in [-0.2, 0) is 6.54 Å². The van der Waals surface area contributed by atoms with E-state index in [9.17, 15) is 4.79 Å². The molecule has 2 aromatic rings. The summed E-state index contributed by atoms with van der Waals surface area (Å²) in [5.41, 5.74) is 3.01. The Hall–Kier alpha value is -2.33. The average Bonchev–Trinajstić information content (AvgIpc) is 2.80. The normalized spacial score (nSPS) is 14.2. The zero-order valence-corrected chi connectivity index (χ0v) is 21.6. The summed E-state index contributed by atoms with van der Waals surface area (Å²) < 4.78 is 0. The van der Waals surface area contributed by atoms with Crippen LogP contribution in [0.3, 0.4) is 0 Å². The molecule has 0 aliphatic carbocycles. The van der Waals surface area contributed by atoms with Crippen molar-refractivity contribution >= 4 is 41.5 Å². The number of nitrogens with zero attached hydrogens (tertiary/aromatic N) is 4. The highest BCUT2D eigenvalue weighted by molar-refractivity contribution is 14.0. The number of para-hydroxylation sites is 1. The number of benzene rings is 2. The lowest BCUT2D eigenvalue weighted by atomic mass is 10.1. The molecule has 2 aromatic carbocycles. The van der Waals surface area contributed by atoms with Crippen molar-refractivity contribution in [2.24, 2.45) is 4.99 Å². The van der Waals surface area contributed by atoms with Crippen LogP contribution in [0, 0.1) is 0 Å². The molecule has 8 heteroatoms. The molecular weight excluding hydrogens is 515 g/mol. The van der Waals surface area contributed by atoms with E-state index >= 15 is 0 Å². The number of guanidine groups is 1. The number of nitrogens with one attached hydrogen (secondary N) is 2. The van der Waals surface area contributed by atoms with Crippen molar-refractivity contribution in [3.63, 3.8) is 0 Å². The molecule has 32 heavy (non-hydrogen) atoms. The van der Waals surface area contributed by atoms with Gasteiger partial charge in [0.25, 0.3) is 5.91 Å². The summed E-state index contributed by atoms with van der Waals surface area (Å²) in [5, 5.41) is 6.42. The van der Waals surface area contributed by atoms with E-state index in [1.165, 1.54) is 5.69 Å². The van der Waals surface area contributed by atoms with E-state index in [1.54, 1.807) is 0 Å². The fraction of sp³-hybridized carbons (Fsp3) is 0.417. The van der Waals surface area contributed by atoms with Gasteiger partial charge in [0.2, 0.25) is 0 Å². The Balaban J connectivity index is 0.00000363. The fourth-order valence-corrected chi connectivity index (χ4v) is 3.65. The molecule has 0 aromatic heterocycles. The summed E-state index contributed by atoms with van der Waals surface area (Å²) in [6.45, 7) is 5.85. The molecule has 0 spiro atoms. The Morgan fingerprint density at radius 1 is 1.00 bits per heavy atom. The number of amides is 1. The van der Waals surface area contributed by atoms with Crippen LogP contribution in [0.25, 0.3) is 0 Å². The molecule has 0 saturated carbocycles. The van der Waals surface area contributed by atoms with Gasteiger partial charge in [-0.25, -0.2) is 0 Å². The molecule has 1 aliphatic rings. The van der Waals surface area contributed by atoms with Gasteiger partial charge < -0.3 is 25.3 Å². The third kappa shape index (κ3) is 7.67. The maximum Gasteiger partial charge on any atom is 0.251 e. The van der Waals surface area contributed by atoms with Crippen LogP contribution in [0.1, 0.15) is 15.9 Å². The standard InChI is InChI=1S/C24H34N6O.HI/c1-25-24(30-16-14-29(15-17-30)22-10-5-4-6-11-22)27-19-20-8-7-9-21(18-20)23(31)26-12-13-28(2)3;/h4-11,18H,12-17,19H2,1-3H3,(H,25,27)(H,26,31);1H. The monoisotopic (exact) mass is 550 g/mol. The Morgan fingerprint density at radius 3 is 2.38 bits per heavy atom. The van der Waals surface area contributed by atoms with Crippen LogP contribution in [-0.4, -0.2) is 82.1 Å². The quantitative estimate of drug-likeness (QED) is 0.315. The topological polar surface area (TPSA) is 63.2 Å². The predicted molar refractivity (Wildman–Crippen MR) is 143 cm³/mol. The smallest absolute Gasteiger partial charge is 0.251 e. The van der Waals surface area contributed by atoms with Gasteiger partial charge in [0, 0.05) is 64.1 Å². The first kappa shape index (κ1) is 25.9. The maximum atomic E-state index is 12.4. The molecule has 1 amide bonds. The van der Waals surface area contributed by atoms with Crippen molar-refractivity contribution in [1.29, 1.82) is 0 Å². The summed E-state index contributed by atoms with van der Waals surface area (Å²) >= 11 is 0. The van der Waals surface area contributed by atoms with Gasteiger partial charge in [0.15, 0.2) is 5.96 Å². The highest BCUT2D eigenvalue weighted by atomic mass is 127. The first-order valence-corrected chi connectivity index (χ1v) is 10.8. The molecule has 0 bridgehead atoms. The van der Waals surface area contributed by atoms with Gasteiger partial charge in [0.05, 0.1) is 0 Å². The second-order valence-corrected chi connectivity index (χ2v) is 7.97. The minimum Gasteiger partial charge on any atom is -0.368 e. The number of halogens is 1. The van der Waals surface area contributed by atoms with Gasteiger partial charge in [-0.3, -0.25) is 9.79 Å². The van der Waals surface area contributed by atoms with Crippen LogP contribution in [0.4, 0.5) is 5.69 Å². The summed E-state index contributed by atoms with van der Waals surface area (Å²) in [4.78, 5) is 23.6. The van der Waals surface area contributed by atoms with Crippen molar-refractivity contribution in [3.05, 3.63) is 65.7 Å². The van der Waals surface area contributed by atoms with Crippen molar-refractivity contribution in [1.82, 2.24) is 20.4 Å². The summed E-state index contributed by atoms with van der Waals surface area (Å²) in [6.07, 6.45) is 0. The molecule has 0 atom stereocenters. The number of piperazine rings is 1. The summed E-state index contributed by atoms with van der Waals surface area (Å²) in [7, 11) is 5.81. The highest BCUT2D eigenvalue weighted by Crippen LogP contribution is 2.15. The van der Waals surface area contributed by atoms with E-state index in [0.717, 1.165) is 44.2 Å². The number of anilines is 1. The fourth-order valence-electron chi connectivity index (χ4n) is 3.65. The van der Waals surface area contributed by atoms with Crippen molar-refractivity contribution in [2.45, 2.75) is 6.54 Å². The minimum atomic E-state index is -0.0369. The van der Waals surface area contributed by atoms with Crippen LogP contribution in [0.5, 0.6) is 0 Å². The van der Waals surface area contributed by atoms with Gasteiger partial charge >= 0.3 is 0 Å². The third-order valence-electron chi connectivity index (χ3n) is 5.40. The van der Waals surface area contributed by atoms with Gasteiger partial charge in [-0.15, -0.1) is 24.0 Å². The van der Waals surface area contributed by atoms with Gasteiger partial charge in [-0.2, -0.15) is 0 Å². The predicted octanol–water partition coefficient (Wildman–Crippen LogP) is 2.49. The highest BCUT2D eigenvalue weighted by Gasteiger charge is 2.19. The Kier molecular flexibility index (Phi) is 10.8. The van der Waals surface area contributed by atoms with E-state index in [0.29, 0.717) is 18.7 Å². The lowest BCUT2D eigenvalue weighted by molar-refractivity contribution is 0.0951. The van der Waals surface area contributed by atoms with Crippen molar-refractivity contribution < 1.29 is 4.79 Å². The van der Waals surface area contributed by atoms with Crippen molar-refractivity contribution in [2.75, 3.05) is 65.3 Å². The maximum absolute atomic E-state index is 12.4. The number of carbonyl (C=O) groups excluding carboxylic acids is 1. The Bertz CT molecular complexity index is 866. The number of carbonyl (C=O) groups is 1. The largest absolute Gasteiger partial charge is 0.368 e. The third-order valence-corrected chi connectivity index (χ3v) is 5.40. The van der Waals surface area contributed by atoms with Gasteiger partial charge in [-0.05, 0) is 43.9 Å². The second-order valence-electron chi connectivity index (χ2n) is 7.97. The van der Waals surface area contributed by atoms with Crippen LogP contribution < -0.4 is 15.5 Å². The van der Waals surface area contributed by atoms with Crippen molar-refractivity contribution in [3.8, 4) is 0 Å². The average molecular weight is 550 g/mol. The van der Waals surface area contributed by atoms with E-state index in [4.69, 9.17) is 0 Å². The second kappa shape index (κ2) is 13.3. The molecule has 2 N–H and O–H groups in total. The number of rotatable bonds is 7. The first-order chi connectivity index (χ1) is 15.1. The molecule has 3 rings (SSSR count). The zero-order chi connectivity index (χ0) is 22.1. The van der Waals surface area contributed by atoms with E-state index in [1.807, 2.05) is 56.4 Å². The van der Waals surface area contributed by atoms with E-state index in [-0.39, 0.29) is 29.9 Å². The molecule has 1 fully saturated rings. The Labute approximate surface area is 208 Å². The van der Waals surface area contributed by atoms with Crippen LogP contribution >= 0.6 is 24.0 Å². The molecule has 7 nitrogen and oxygen atoms in total. The lowest BCUT2D eigenvalue weighted by Crippen LogP contribution is -2.52. The number of hydrogen-bond acceptors (Lipinski definition) is 4.